The number of hydrogen-bond acceptors (Lipinski definition) is 2. The lowest BCUT2D eigenvalue weighted by atomic mass is 10.0. The molecule has 0 fully saturated rings. The van der Waals surface area contributed by atoms with E-state index in [4.69, 9.17) is 0 Å². The average molecular weight is 283 g/mol. The van der Waals surface area contributed by atoms with Gasteiger partial charge in [0.2, 0.25) is 5.91 Å². The highest BCUT2D eigenvalue weighted by atomic mass is 16.3. The third kappa shape index (κ3) is 4.17. The summed E-state index contributed by atoms with van der Waals surface area (Å²) >= 11 is 0. The number of hydrogen-bond donors (Lipinski definition) is 2. The number of aliphatic hydroxyl groups excluding tert-OH is 1. The van der Waals surface area contributed by atoms with Crippen molar-refractivity contribution < 1.29 is 9.90 Å². The van der Waals surface area contributed by atoms with Gasteiger partial charge in [-0.25, -0.2) is 0 Å². The third-order valence-electron chi connectivity index (χ3n) is 3.58. The van der Waals surface area contributed by atoms with E-state index in [9.17, 15) is 9.90 Å². The normalized spacial score (nSPS) is 12.0. The summed E-state index contributed by atoms with van der Waals surface area (Å²) in [6.45, 7) is 3.91. The van der Waals surface area contributed by atoms with Crippen LogP contribution in [0.4, 0.5) is 0 Å². The molecule has 0 bridgehead atoms. The minimum absolute atomic E-state index is 0.0772. The Morgan fingerprint density at radius 1 is 1.14 bits per heavy atom. The van der Waals surface area contributed by atoms with Crippen LogP contribution >= 0.6 is 0 Å². The Hall–Kier alpha value is -2.13. The zero-order chi connectivity index (χ0) is 15.2. The van der Waals surface area contributed by atoms with Crippen molar-refractivity contribution in [1.82, 2.24) is 5.32 Å². The Morgan fingerprint density at radius 3 is 2.52 bits per heavy atom. The first-order valence-electron chi connectivity index (χ1n) is 7.11. The molecule has 21 heavy (non-hydrogen) atoms. The second-order valence-electron chi connectivity index (χ2n) is 5.32. The minimum atomic E-state index is -0.358. The van der Waals surface area contributed by atoms with Crippen LogP contribution in [0.25, 0.3) is 0 Å². The summed E-state index contributed by atoms with van der Waals surface area (Å²) in [5.74, 6) is -0.0772. The van der Waals surface area contributed by atoms with Crippen LogP contribution < -0.4 is 5.32 Å². The molecule has 0 saturated carbocycles. The molecule has 0 aromatic heterocycles. The van der Waals surface area contributed by atoms with Gasteiger partial charge in [0.05, 0.1) is 19.1 Å². The zero-order valence-electron chi connectivity index (χ0n) is 12.5. The summed E-state index contributed by atoms with van der Waals surface area (Å²) in [6.07, 6.45) is 0.330. The molecule has 1 amide bonds. The van der Waals surface area contributed by atoms with Gasteiger partial charge in [-0.1, -0.05) is 54.1 Å². The van der Waals surface area contributed by atoms with Gasteiger partial charge in [0.25, 0.3) is 0 Å². The molecule has 0 aliphatic carbocycles. The van der Waals surface area contributed by atoms with Gasteiger partial charge in [-0.15, -0.1) is 0 Å². The van der Waals surface area contributed by atoms with E-state index in [0.29, 0.717) is 6.42 Å². The van der Waals surface area contributed by atoms with Gasteiger partial charge in [0, 0.05) is 0 Å². The fourth-order valence-corrected chi connectivity index (χ4v) is 2.33. The van der Waals surface area contributed by atoms with E-state index in [2.05, 4.69) is 5.32 Å². The molecule has 2 aromatic carbocycles. The maximum absolute atomic E-state index is 12.2. The van der Waals surface area contributed by atoms with Gasteiger partial charge >= 0.3 is 0 Å². The number of aryl methyl sites for hydroxylation is 2. The van der Waals surface area contributed by atoms with Crippen molar-refractivity contribution in [3.63, 3.8) is 0 Å². The van der Waals surface area contributed by atoms with E-state index in [0.717, 1.165) is 22.3 Å². The first-order chi connectivity index (χ1) is 10.1. The molecule has 2 aromatic rings. The number of carbonyl (C=O) groups is 1. The predicted molar refractivity (Wildman–Crippen MR) is 84.0 cm³/mol. The molecular weight excluding hydrogens is 262 g/mol. The lowest BCUT2D eigenvalue weighted by Crippen LogP contribution is -2.32. The topological polar surface area (TPSA) is 49.3 Å². The highest BCUT2D eigenvalue weighted by molar-refractivity contribution is 5.79. The molecule has 110 valence electrons. The van der Waals surface area contributed by atoms with E-state index in [1.165, 1.54) is 0 Å². The molecule has 1 unspecified atom stereocenters. The van der Waals surface area contributed by atoms with Crippen LogP contribution in [0, 0.1) is 13.8 Å². The molecule has 0 saturated heterocycles. The molecule has 0 spiro atoms. The average Bonchev–Trinajstić information content (AvgIpc) is 2.49. The van der Waals surface area contributed by atoms with Crippen LogP contribution in [-0.2, 0) is 11.2 Å². The fraction of sp³-hybridized carbons (Fsp3) is 0.278. The van der Waals surface area contributed by atoms with Gasteiger partial charge in [-0.2, -0.15) is 0 Å². The van der Waals surface area contributed by atoms with Gasteiger partial charge in [-0.05, 0) is 30.5 Å². The number of nitrogens with one attached hydrogen (secondary N) is 1. The largest absolute Gasteiger partial charge is 0.394 e. The van der Waals surface area contributed by atoms with Crippen molar-refractivity contribution in [2.45, 2.75) is 26.3 Å². The highest BCUT2D eigenvalue weighted by Crippen LogP contribution is 2.14. The summed E-state index contributed by atoms with van der Waals surface area (Å²) in [7, 11) is 0. The Morgan fingerprint density at radius 2 is 1.86 bits per heavy atom. The molecule has 2 N–H and O–H groups in total. The van der Waals surface area contributed by atoms with Crippen molar-refractivity contribution in [3.8, 4) is 0 Å². The maximum atomic E-state index is 12.2. The van der Waals surface area contributed by atoms with Crippen molar-refractivity contribution in [2.75, 3.05) is 6.61 Å². The Kier molecular flexibility index (Phi) is 5.12. The van der Waals surface area contributed by atoms with Crippen molar-refractivity contribution in [1.29, 1.82) is 0 Å². The van der Waals surface area contributed by atoms with Gasteiger partial charge in [-0.3, -0.25) is 4.79 Å². The molecule has 0 aliphatic heterocycles. The molecule has 0 radical (unpaired) electrons. The first kappa shape index (κ1) is 15.3. The Balaban J connectivity index is 2.05. The molecule has 1 atom stereocenters. The summed E-state index contributed by atoms with van der Waals surface area (Å²) in [5.41, 5.74) is 4.19. The van der Waals surface area contributed by atoms with Crippen LogP contribution in [-0.4, -0.2) is 17.6 Å². The van der Waals surface area contributed by atoms with Crippen LogP contribution in [0.2, 0.25) is 0 Å². The highest BCUT2D eigenvalue weighted by Gasteiger charge is 2.14. The van der Waals surface area contributed by atoms with Crippen LogP contribution in [0.3, 0.4) is 0 Å². The fourth-order valence-electron chi connectivity index (χ4n) is 2.33. The lowest BCUT2D eigenvalue weighted by molar-refractivity contribution is -0.121. The summed E-state index contributed by atoms with van der Waals surface area (Å²) < 4.78 is 0. The minimum Gasteiger partial charge on any atom is -0.394 e. The van der Waals surface area contributed by atoms with E-state index in [-0.39, 0.29) is 18.6 Å². The van der Waals surface area contributed by atoms with E-state index in [1.807, 2.05) is 62.4 Å². The second-order valence-corrected chi connectivity index (χ2v) is 5.32. The standard InChI is InChI=1S/C18H21NO2/c1-13-8-9-14(2)16(10-13)11-18(21)19-17(12-20)15-6-4-3-5-7-15/h3-10,17,20H,11-12H2,1-2H3,(H,19,21). The summed E-state index contributed by atoms with van der Waals surface area (Å²) in [6, 6.07) is 15.3. The second kappa shape index (κ2) is 7.04. The molecule has 0 aliphatic rings. The lowest BCUT2D eigenvalue weighted by Gasteiger charge is -2.17. The molecule has 3 heteroatoms. The quantitative estimate of drug-likeness (QED) is 0.886. The number of rotatable bonds is 5. The molecule has 0 heterocycles. The summed E-state index contributed by atoms with van der Waals surface area (Å²) in [5, 5.41) is 12.4. The van der Waals surface area contributed by atoms with Gasteiger partial charge in [0.1, 0.15) is 0 Å². The zero-order valence-corrected chi connectivity index (χ0v) is 12.5. The SMILES string of the molecule is Cc1ccc(C)c(CC(=O)NC(CO)c2ccccc2)c1. The number of carbonyl (C=O) groups excluding carboxylic acids is 1. The summed E-state index contributed by atoms with van der Waals surface area (Å²) in [4.78, 5) is 12.2. The maximum Gasteiger partial charge on any atom is 0.224 e. The Bertz CT molecular complexity index is 608. The Labute approximate surface area is 125 Å². The van der Waals surface area contributed by atoms with Crippen molar-refractivity contribution >= 4 is 5.91 Å². The van der Waals surface area contributed by atoms with E-state index in [1.54, 1.807) is 0 Å². The van der Waals surface area contributed by atoms with Crippen LogP contribution in [0.15, 0.2) is 48.5 Å². The van der Waals surface area contributed by atoms with E-state index >= 15 is 0 Å². The van der Waals surface area contributed by atoms with Gasteiger partial charge < -0.3 is 10.4 Å². The number of amides is 1. The number of aliphatic hydroxyl groups is 1. The molecule has 2 rings (SSSR count). The van der Waals surface area contributed by atoms with Crippen LogP contribution in [0.5, 0.6) is 0 Å². The smallest absolute Gasteiger partial charge is 0.224 e. The van der Waals surface area contributed by atoms with Gasteiger partial charge in [0.15, 0.2) is 0 Å². The van der Waals surface area contributed by atoms with Crippen molar-refractivity contribution in [3.05, 3.63) is 70.8 Å². The van der Waals surface area contributed by atoms with Crippen LogP contribution in [0.1, 0.15) is 28.3 Å². The molecular formula is C18H21NO2. The predicted octanol–water partition coefficient (Wildman–Crippen LogP) is 2.70. The van der Waals surface area contributed by atoms with E-state index < -0.39 is 0 Å². The third-order valence-corrected chi connectivity index (χ3v) is 3.58. The monoisotopic (exact) mass is 283 g/mol. The van der Waals surface area contributed by atoms with Crippen molar-refractivity contribution in [2.24, 2.45) is 0 Å². The first-order valence-corrected chi connectivity index (χ1v) is 7.11. The number of benzene rings is 2. The molecule has 3 nitrogen and oxygen atoms in total.